The number of carbonyl (C=O) groups is 1. The van der Waals surface area contributed by atoms with Gasteiger partial charge in [0.25, 0.3) is 5.91 Å². The van der Waals surface area contributed by atoms with E-state index in [2.05, 4.69) is 4.99 Å². The molecule has 1 amide bonds. The molecule has 4 heteroatoms. The molecule has 1 aliphatic rings. The zero-order chi connectivity index (χ0) is 9.26. The number of rotatable bonds is 0. The van der Waals surface area contributed by atoms with Crippen molar-refractivity contribution in [3.05, 3.63) is 28.8 Å². The average molecular weight is 196 g/mol. The van der Waals surface area contributed by atoms with Crippen LogP contribution >= 0.6 is 11.6 Å². The van der Waals surface area contributed by atoms with Gasteiger partial charge in [0.05, 0.1) is 0 Å². The van der Waals surface area contributed by atoms with Crippen molar-refractivity contribution in [3.8, 4) is 5.75 Å². The monoisotopic (exact) mass is 195 g/mol. The van der Waals surface area contributed by atoms with Gasteiger partial charge in [0.15, 0.2) is 6.61 Å². The molecule has 13 heavy (non-hydrogen) atoms. The highest BCUT2D eigenvalue weighted by atomic mass is 35.5. The molecular weight excluding hydrogens is 190 g/mol. The minimum absolute atomic E-state index is 0.00880. The smallest absolute Gasteiger partial charge is 0.283 e. The SMILES string of the molecule is O=C1COc2ccc(Cl)cc2C=N1. The van der Waals surface area contributed by atoms with Gasteiger partial charge in [0, 0.05) is 16.8 Å². The lowest BCUT2D eigenvalue weighted by atomic mass is 10.2. The van der Waals surface area contributed by atoms with E-state index in [9.17, 15) is 4.79 Å². The number of fused-ring (bicyclic) bond motifs is 1. The van der Waals surface area contributed by atoms with Crippen LogP contribution in [-0.2, 0) is 4.79 Å². The zero-order valence-electron chi connectivity index (χ0n) is 6.66. The van der Waals surface area contributed by atoms with E-state index in [1.54, 1.807) is 18.2 Å². The lowest BCUT2D eigenvalue weighted by Gasteiger charge is -2.03. The Labute approximate surface area is 80.0 Å². The van der Waals surface area contributed by atoms with Crippen molar-refractivity contribution >= 4 is 23.7 Å². The molecule has 1 aromatic carbocycles. The molecule has 0 aliphatic carbocycles. The first kappa shape index (κ1) is 8.26. The fourth-order valence-corrected chi connectivity index (χ4v) is 1.25. The van der Waals surface area contributed by atoms with E-state index in [-0.39, 0.29) is 12.5 Å². The van der Waals surface area contributed by atoms with E-state index in [1.165, 1.54) is 6.21 Å². The van der Waals surface area contributed by atoms with Gasteiger partial charge < -0.3 is 4.74 Å². The van der Waals surface area contributed by atoms with Crippen molar-refractivity contribution in [2.45, 2.75) is 0 Å². The molecule has 0 spiro atoms. The van der Waals surface area contributed by atoms with Crippen LogP contribution in [0.15, 0.2) is 23.2 Å². The van der Waals surface area contributed by atoms with Crippen LogP contribution < -0.4 is 4.74 Å². The molecule has 0 N–H and O–H groups in total. The molecule has 0 saturated carbocycles. The number of aliphatic imine (C=N–C) groups is 1. The van der Waals surface area contributed by atoms with E-state index in [0.717, 1.165) is 5.56 Å². The number of halogens is 1. The fraction of sp³-hybridized carbons (Fsp3) is 0.111. The van der Waals surface area contributed by atoms with Crippen LogP contribution in [0, 0.1) is 0 Å². The molecule has 0 saturated heterocycles. The summed E-state index contributed by atoms with van der Waals surface area (Å²) in [6.45, 7) is -0.00880. The van der Waals surface area contributed by atoms with Gasteiger partial charge in [-0.3, -0.25) is 4.79 Å². The lowest BCUT2D eigenvalue weighted by Crippen LogP contribution is -2.06. The normalized spacial score (nSPS) is 14.7. The van der Waals surface area contributed by atoms with Crippen molar-refractivity contribution in [1.82, 2.24) is 0 Å². The maximum absolute atomic E-state index is 10.9. The second-order valence-corrected chi connectivity index (χ2v) is 3.06. The zero-order valence-corrected chi connectivity index (χ0v) is 7.41. The molecule has 0 unspecified atom stereocenters. The second-order valence-electron chi connectivity index (χ2n) is 2.62. The Balaban J connectivity index is 2.47. The van der Waals surface area contributed by atoms with Gasteiger partial charge in [-0.1, -0.05) is 11.6 Å². The van der Waals surface area contributed by atoms with Crippen LogP contribution in [0.2, 0.25) is 5.02 Å². The fourth-order valence-electron chi connectivity index (χ4n) is 1.07. The Kier molecular flexibility index (Phi) is 2.02. The summed E-state index contributed by atoms with van der Waals surface area (Å²) in [6.07, 6.45) is 1.47. The van der Waals surface area contributed by atoms with Gasteiger partial charge in [0.2, 0.25) is 0 Å². The summed E-state index contributed by atoms with van der Waals surface area (Å²) >= 11 is 5.76. The molecular formula is C9H6ClNO2. The number of nitrogens with zero attached hydrogens (tertiary/aromatic N) is 1. The Morgan fingerprint density at radius 3 is 3.15 bits per heavy atom. The van der Waals surface area contributed by atoms with E-state index >= 15 is 0 Å². The quantitative estimate of drug-likeness (QED) is 0.632. The lowest BCUT2D eigenvalue weighted by molar-refractivity contribution is -0.119. The Hall–Kier alpha value is -1.35. The number of hydrogen-bond donors (Lipinski definition) is 0. The summed E-state index contributed by atoms with van der Waals surface area (Å²) in [5.74, 6) is 0.353. The number of carbonyl (C=O) groups excluding carboxylic acids is 1. The van der Waals surface area contributed by atoms with Crippen molar-refractivity contribution in [3.63, 3.8) is 0 Å². The number of hydrogen-bond acceptors (Lipinski definition) is 2. The maximum atomic E-state index is 10.9. The van der Waals surface area contributed by atoms with Crippen molar-refractivity contribution in [2.24, 2.45) is 4.99 Å². The largest absolute Gasteiger partial charge is 0.483 e. The summed E-state index contributed by atoms with van der Waals surface area (Å²) in [5.41, 5.74) is 0.735. The van der Waals surface area contributed by atoms with E-state index in [1.807, 2.05) is 0 Å². The van der Waals surface area contributed by atoms with Crippen molar-refractivity contribution in [2.75, 3.05) is 6.61 Å². The first-order chi connectivity index (χ1) is 6.25. The standard InChI is InChI=1S/C9H6ClNO2/c10-7-1-2-8-6(3-7)4-11-9(12)5-13-8/h1-4H,5H2. The van der Waals surface area contributed by atoms with Gasteiger partial charge in [0.1, 0.15) is 5.75 Å². The van der Waals surface area contributed by atoms with Gasteiger partial charge >= 0.3 is 0 Å². The Morgan fingerprint density at radius 1 is 1.46 bits per heavy atom. The summed E-state index contributed by atoms with van der Waals surface area (Å²) in [7, 11) is 0. The molecule has 66 valence electrons. The van der Waals surface area contributed by atoms with Gasteiger partial charge in [-0.15, -0.1) is 0 Å². The molecule has 2 rings (SSSR count). The van der Waals surface area contributed by atoms with E-state index in [4.69, 9.17) is 16.3 Å². The molecule has 1 aromatic rings. The number of benzene rings is 1. The molecule has 0 fully saturated rings. The first-order valence-electron chi connectivity index (χ1n) is 3.75. The topological polar surface area (TPSA) is 38.7 Å². The predicted octanol–water partition coefficient (Wildman–Crippen LogP) is 1.68. The molecule has 1 heterocycles. The van der Waals surface area contributed by atoms with Gasteiger partial charge in [-0.25, -0.2) is 4.99 Å². The van der Waals surface area contributed by atoms with Crippen LogP contribution in [0.5, 0.6) is 5.75 Å². The predicted molar refractivity (Wildman–Crippen MR) is 49.5 cm³/mol. The third-order valence-electron chi connectivity index (χ3n) is 1.67. The molecule has 0 atom stereocenters. The van der Waals surface area contributed by atoms with Crippen LogP contribution in [-0.4, -0.2) is 18.7 Å². The minimum Gasteiger partial charge on any atom is -0.483 e. The van der Waals surface area contributed by atoms with Crippen LogP contribution in [0.4, 0.5) is 0 Å². The molecule has 0 aromatic heterocycles. The van der Waals surface area contributed by atoms with Gasteiger partial charge in [-0.2, -0.15) is 0 Å². The van der Waals surface area contributed by atoms with Crippen molar-refractivity contribution < 1.29 is 9.53 Å². The maximum Gasteiger partial charge on any atom is 0.283 e. The Morgan fingerprint density at radius 2 is 2.31 bits per heavy atom. The first-order valence-corrected chi connectivity index (χ1v) is 4.13. The molecule has 0 bridgehead atoms. The molecule has 0 radical (unpaired) electrons. The van der Waals surface area contributed by atoms with Crippen LogP contribution in [0.3, 0.4) is 0 Å². The summed E-state index contributed by atoms with van der Waals surface area (Å²) < 4.78 is 5.18. The minimum atomic E-state index is -0.285. The highest BCUT2D eigenvalue weighted by Crippen LogP contribution is 2.22. The van der Waals surface area contributed by atoms with E-state index < -0.39 is 0 Å². The number of amides is 1. The van der Waals surface area contributed by atoms with E-state index in [0.29, 0.717) is 10.8 Å². The third-order valence-corrected chi connectivity index (χ3v) is 1.91. The molecule has 3 nitrogen and oxygen atoms in total. The third kappa shape index (κ3) is 1.70. The molecule has 1 aliphatic heterocycles. The van der Waals surface area contributed by atoms with Crippen LogP contribution in [0.1, 0.15) is 5.56 Å². The average Bonchev–Trinajstić information content (AvgIpc) is 2.29. The Bertz CT molecular complexity index is 387. The van der Waals surface area contributed by atoms with Crippen molar-refractivity contribution in [1.29, 1.82) is 0 Å². The summed E-state index contributed by atoms with van der Waals surface area (Å²) in [5, 5.41) is 0.600. The van der Waals surface area contributed by atoms with Crippen LogP contribution in [0.25, 0.3) is 0 Å². The summed E-state index contributed by atoms with van der Waals surface area (Å²) in [6, 6.07) is 5.14. The highest BCUT2D eigenvalue weighted by molar-refractivity contribution is 6.31. The second kappa shape index (κ2) is 3.18. The van der Waals surface area contributed by atoms with Gasteiger partial charge in [-0.05, 0) is 18.2 Å². The highest BCUT2D eigenvalue weighted by Gasteiger charge is 2.09. The summed E-state index contributed by atoms with van der Waals surface area (Å²) in [4.78, 5) is 14.5. The number of ether oxygens (including phenoxy) is 1.